The first-order chi connectivity index (χ1) is 4.66. The van der Waals surface area contributed by atoms with Gasteiger partial charge in [-0.2, -0.15) is 0 Å². The third-order valence-corrected chi connectivity index (χ3v) is 1.53. The Hall–Kier alpha value is -0.120. The minimum Gasteiger partial charge on any atom is -0.309 e. The van der Waals surface area contributed by atoms with Gasteiger partial charge in [0.25, 0.3) is 0 Å². The molecule has 0 saturated carbocycles. The minimum absolute atomic E-state index is 0.444. The standard InChI is InChI=1S/C7H19N3/c1-7(9-8)5-4-6-10(2)3/h7,9H,4-6,8H2,1-3H3. The predicted molar refractivity (Wildman–Crippen MR) is 44.6 cm³/mol. The number of nitrogens with one attached hydrogen (secondary N) is 1. The maximum absolute atomic E-state index is 5.23. The molecule has 0 fully saturated rings. The number of nitrogens with zero attached hydrogens (tertiary/aromatic N) is 1. The van der Waals surface area contributed by atoms with Gasteiger partial charge < -0.3 is 4.90 Å². The molecule has 0 heterocycles. The van der Waals surface area contributed by atoms with Crippen molar-refractivity contribution in [1.82, 2.24) is 10.3 Å². The molecule has 0 aliphatic heterocycles. The molecule has 3 N–H and O–H groups in total. The van der Waals surface area contributed by atoms with E-state index in [9.17, 15) is 0 Å². The van der Waals surface area contributed by atoms with E-state index < -0.39 is 0 Å². The van der Waals surface area contributed by atoms with Crippen molar-refractivity contribution in [3.05, 3.63) is 0 Å². The molecule has 0 aliphatic carbocycles. The summed E-state index contributed by atoms with van der Waals surface area (Å²) in [4.78, 5) is 2.18. The monoisotopic (exact) mass is 145 g/mol. The largest absolute Gasteiger partial charge is 0.309 e. The fraction of sp³-hybridized carbons (Fsp3) is 1.00. The molecule has 0 saturated heterocycles. The van der Waals surface area contributed by atoms with Gasteiger partial charge in [0.05, 0.1) is 0 Å². The molecule has 0 rings (SSSR count). The third-order valence-electron chi connectivity index (χ3n) is 1.53. The van der Waals surface area contributed by atoms with Gasteiger partial charge in [0.1, 0.15) is 0 Å². The lowest BCUT2D eigenvalue weighted by Gasteiger charge is -2.12. The maximum atomic E-state index is 5.23. The van der Waals surface area contributed by atoms with Crippen LogP contribution in [-0.4, -0.2) is 31.6 Å². The highest BCUT2D eigenvalue weighted by molar-refractivity contribution is 4.56. The highest BCUT2D eigenvalue weighted by Crippen LogP contribution is 1.94. The smallest absolute Gasteiger partial charge is 0.0182 e. The molecule has 3 heteroatoms. The number of hydrogen-bond donors (Lipinski definition) is 2. The lowest BCUT2D eigenvalue weighted by molar-refractivity contribution is 0.377. The van der Waals surface area contributed by atoms with Gasteiger partial charge in [0.15, 0.2) is 0 Å². The molecule has 1 atom stereocenters. The summed E-state index contributed by atoms with van der Waals surface area (Å²) < 4.78 is 0. The van der Waals surface area contributed by atoms with E-state index in [4.69, 9.17) is 5.84 Å². The Morgan fingerprint density at radius 1 is 1.50 bits per heavy atom. The molecule has 62 valence electrons. The summed E-state index contributed by atoms with van der Waals surface area (Å²) in [5.41, 5.74) is 2.72. The first-order valence-electron chi connectivity index (χ1n) is 3.77. The average molecular weight is 145 g/mol. The second-order valence-corrected chi connectivity index (χ2v) is 3.01. The summed E-state index contributed by atoms with van der Waals surface area (Å²) in [6.07, 6.45) is 2.35. The van der Waals surface area contributed by atoms with E-state index in [1.165, 1.54) is 6.42 Å². The van der Waals surface area contributed by atoms with E-state index in [2.05, 4.69) is 31.3 Å². The number of hydrazine groups is 1. The van der Waals surface area contributed by atoms with Gasteiger partial charge >= 0.3 is 0 Å². The molecular formula is C7H19N3. The summed E-state index contributed by atoms with van der Waals surface area (Å²) in [6.45, 7) is 3.24. The van der Waals surface area contributed by atoms with Crippen molar-refractivity contribution in [3.63, 3.8) is 0 Å². The molecular weight excluding hydrogens is 126 g/mol. The van der Waals surface area contributed by atoms with Gasteiger partial charge in [0.2, 0.25) is 0 Å². The second kappa shape index (κ2) is 5.65. The minimum atomic E-state index is 0.444. The highest BCUT2D eigenvalue weighted by Gasteiger charge is 1.97. The van der Waals surface area contributed by atoms with Crippen LogP contribution < -0.4 is 11.3 Å². The topological polar surface area (TPSA) is 41.3 Å². The van der Waals surface area contributed by atoms with E-state index in [-0.39, 0.29) is 0 Å². The number of hydrogen-bond acceptors (Lipinski definition) is 3. The quantitative estimate of drug-likeness (QED) is 0.428. The summed E-state index contributed by atoms with van der Waals surface area (Å²) in [7, 11) is 4.17. The van der Waals surface area contributed by atoms with Crippen molar-refractivity contribution in [2.75, 3.05) is 20.6 Å². The normalized spacial score (nSPS) is 14.1. The molecule has 0 amide bonds. The van der Waals surface area contributed by atoms with Gasteiger partial charge in [-0.1, -0.05) is 0 Å². The van der Waals surface area contributed by atoms with Gasteiger partial charge in [-0.25, -0.2) is 0 Å². The molecule has 0 aromatic heterocycles. The molecule has 0 aromatic rings. The van der Waals surface area contributed by atoms with Crippen LogP contribution in [0.4, 0.5) is 0 Å². The first-order valence-corrected chi connectivity index (χ1v) is 3.77. The van der Waals surface area contributed by atoms with Crippen LogP contribution in [0.5, 0.6) is 0 Å². The van der Waals surface area contributed by atoms with Gasteiger partial charge in [-0.3, -0.25) is 11.3 Å². The van der Waals surface area contributed by atoms with Gasteiger partial charge in [0, 0.05) is 6.04 Å². The molecule has 0 aliphatic rings. The molecule has 10 heavy (non-hydrogen) atoms. The van der Waals surface area contributed by atoms with E-state index in [0.717, 1.165) is 13.0 Å². The molecule has 0 aromatic carbocycles. The average Bonchev–Trinajstić information content (AvgIpc) is 1.87. The van der Waals surface area contributed by atoms with Crippen LogP contribution in [0.2, 0.25) is 0 Å². The zero-order chi connectivity index (χ0) is 7.98. The first kappa shape index (κ1) is 9.88. The van der Waals surface area contributed by atoms with Crippen molar-refractivity contribution < 1.29 is 0 Å². The van der Waals surface area contributed by atoms with Crippen LogP contribution in [0.25, 0.3) is 0 Å². The zero-order valence-corrected chi connectivity index (χ0v) is 7.22. The molecule has 0 spiro atoms. The summed E-state index contributed by atoms with van der Waals surface area (Å²) in [6, 6.07) is 0.444. The fourth-order valence-corrected chi connectivity index (χ4v) is 0.797. The Labute approximate surface area is 63.5 Å². The van der Waals surface area contributed by atoms with Gasteiger partial charge in [-0.15, -0.1) is 0 Å². The van der Waals surface area contributed by atoms with Crippen molar-refractivity contribution in [3.8, 4) is 0 Å². The van der Waals surface area contributed by atoms with Crippen LogP contribution in [-0.2, 0) is 0 Å². The van der Waals surface area contributed by atoms with Crippen molar-refractivity contribution in [2.24, 2.45) is 5.84 Å². The Kier molecular flexibility index (Phi) is 5.58. The predicted octanol–water partition coefficient (Wildman–Crippen LogP) is 0.180. The Balaban J connectivity index is 3.03. The molecule has 3 nitrogen and oxygen atoms in total. The number of nitrogens with two attached hydrogens (primary N) is 1. The Bertz CT molecular complexity index is 73.3. The zero-order valence-electron chi connectivity index (χ0n) is 7.22. The van der Waals surface area contributed by atoms with Crippen molar-refractivity contribution in [2.45, 2.75) is 25.8 Å². The van der Waals surface area contributed by atoms with Crippen molar-refractivity contribution >= 4 is 0 Å². The molecule has 1 unspecified atom stereocenters. The second-order valence-electron chi connectivity index (χ2n) is 3.01. The van der Waals surface area contributed by atoms with E-state index >= 15 is 0 Å². The van der Waals surface area contributed by atoms with Crippen molar-refractivity contribution in [1.29, 1.82) is 0 Å². The van der Waals surface area contributed by atoms with Crippen LogP contribution >= 0.6 is 0 Å². The lowest BCUT2D eigenvalue weighted by atomic mass is 10.2. The number of rotatable bonds is 5. The van der Waals surface area contributed by atoms with E-state index in [1.807, 2.05) is 0 Å². The van der Waals surface area contributed by atoms with Crippen LogP contribution in [0.15, 0.2) is 0 Å². The van der Waals surface area contributed by atoms with E-state index in [0.29, 0.717) is 6.04 Å². The van der Waals surface area contributed by atoms with Crippen LogP contribution in [0.3, 0.4) is 0 Å². The maximum Gasteiger partial charge on any atom is 0.0182 e. The lowest BCUT2D eigenvalue weighted by Crippen LogP contribution is -2.32. The highest BCUT2D eigenvalue weighted by atomic mass is 15.2. The summed E-state index contributed by atoms with van der Waals surface area (Å²) >= 11 is 0. The van der Waals surface area contributed by atoms with Crippen LogP contribution in [0, 0.1) is 0 Å². The van der Waals surface area contributed by atoms with Crippen LogP contribution in [0.1, 0.15) is 19.8 Å². The summed E-state index contributed by atoms with van der Waals surface area (Å²) in [5, 5.41) is 0. The third kappa shape index (κ3) is 6.01. The fourth-order valence-electron chi connectivity index (χ4n) is 0.797. The molecule has 0 bridgehead atoms. The Morgan fingerprint density at radius 3 is 2.50 bits per heavy atom. The molecule has 0 radical (unpaired) electrons. The summed E-state index contributed by atoms with van der Waals surface area (Å²) in [5.74, 6) is 5.23. The Morgan fingerprint density at radius 2 is 2.10 bits per heavy atom. The van der Waals surface area contributed by atoms with Gasteiger partial charge in [-0.05, 0) is 40.4 Å². The SMILES string of the molecule is CC(CCCN(C)C)NN. The van der Waals surface area contributed by atoms with E-state index in [1.54, 1.807) is 0 Å².